The SMILES string of the molecule is CCCCCCCOCCOCCOCCOCCOCCOCCOCCOCCOCCOCCOCCOC(C)C. The summed E-state index contributed by atoms with van der Waals surface area (Å²) in [5.74, 6) is 0. The van der Waals surface area contributed by atoms with Crippen LogP contribution in [-0.4, -0.2) is 158 Å². The molecule has 0 aromatic carbocycles. The van der Waals surface area contributed by atoms with Crippen LogP contribution in [0.2, 0.25) is 0 Å². The van der Waals surface area contributed by atoms with Gasteiger partial charge >= 0.3 is 0 Å². The zero-order valence-corrected chi connectivity index (χ0v) is 28.3. The third-order valence-electron chi connectivity index (χ3n) is 5.79. The monoisotopic (exact) mass is 642 g/mol. The third-order valence-corrected chi connectivity index (χ3v) is 5.79. The van der Waals surface area contributed by atoms with Crippen molar-refractivity contribution < 1.29 is 56.8 Å². The molecule has 0 rings (SSSR count). The summed E-state index contributed by atoms with van der Waals surface area (Å²) in [5, 5.41) is 0. The van der Waals surface area contributed by atoms with Crippen LogP contribution < -0.4 is 0 Å². The van der Waals surface area contributed by atoms with Crippen LogP contribution in [0.3, 0.4) is 0 Å². The molecular formula is C32H66O12. The Kier molecular flexibility index (Phi) is 40.1. The summed E-state index contributed by atoms with van der Waals surface area (Å²) in [6.07, 6.45) is 6.52. The summed E-state index contributed by atoms with van der Waals surface area (Å²) < 4.78 is 65.7. The second kappa shape index (κ2) is 40.5. The first-order chi connectivity index (χ1) is 21.8. The average Bonchev–Trinajstić information content (AvgIpc) is 3.02. The highest BCUT2D eigenvalue weighted by Gasteiger charge is 1.97. The van der Waals surface area contributed by atoms with Crippen LogP contribution in [-0.2, 0) is 56.8 Å². The fourth-order valence-electron chi connectivity index (χ4n) is 3.45. The smallest absolute Gasteiger partial charge is 0.0703 e. The van der Waals surface area contributed by atoms with E-state index in [2.05, 4.69) is 6.92 Å². The standard InChI is InChI=1S/C32H66O12/c1-4-5-6-7-8-9-33-10-11-34-12-13-35-14-15-36-16-17-37-18-19-38-20-21-39-22-23-40-24-25-41-26-27-42-28-29-43-30-31-44-32(2)3/h32H,4-31H2,1-3H3. The van der Waals surface area contributed by atoms with Crippen LogP contribution in [0, 0.1) is 0 Å². The van der Waals surface area contributed by atoms with E-state index in [0.717, 1.165) is 13.0 Å². The van der Waals surface area contributed by atoms with Crippen molar-refractivity contribution in [3.05, 3.63) is 0 Å². The van der Waals surface area contributed by atoms with E-state index < -0.39 is 0 Å². The molecule has 0 aliphatic rings. The van der Waals surface area contributed by atoms with E-state index in [9.17, 15) is 0 Å². The quantitative estimate of drug-likeness (QED) is 0.0912. The molecule has 44 heavy (non-hydrogen) atoms. The van der Waals surface area contributed by atoms with Gasteiger partial charge in [0.15, 0.2) is 0 Å². The van der Waals surface area contributed by atoms with E-state index in [0.29, 0.717) is 145 Å². The van der Waals surface area contributed by atoms with E-state index in [1.807, 2.05) is 13.8 Å². The molecule has 0 heterocycles. The molecule has 0 saturated heterocycles. The van der Waals surface area contributed by atoms with E-state index in [4.69, 9.17) is 56.8 Å². The van der Waals surface area contributed by atoms with Gasteiger partial charge in [-0.2, -0.15) is 0 Å². The van der Waals surface area contributed by atoms with Gasteiger partial charge in [0.25, 0.3) is 0 Å². The normalized spacial score (nSPS) is 11.7. The van der Waals surface area contributed by atoms with E-state index in [1.165, 1.54) is 25.7 Å². The van der Waals surface area contributed by atoms with Crippen molar-refractivity contribution in [2.75, 3.05) is 152 Å². The molecule has 0 N–H and O–H groups in total. The topological polar surface area (TPSA) is 111 Å². The zero-order valence-electron chi connectivity index (χ0n) is 28.3. The van der Waals surface area contributed by atoms with Crippen molar-refractivity contribution >= 4 is 0 Å². The minimum Gasteiger partial charge on any atom is -0.379 e. The Bertz CT molecular complexity index is 502. The predicted octanol–water partition coefficient (Wildman–Crippen LogP) is 3.56. The maximum absolute atomic E-state index is 5.56. The Labute approximate surface area is 267 Å². The molecule has 0 spiro atoms. The first-order valence-corrected chi connectivity index (χ1v) is 16.7. The van der Waals surface area contributed by atoms with Gasteiger partial charge in [0.05, 0.1) is 151 Å². The molecule has 12 heteroatoms. The molecule has 0 amide bonds. The Morgan fingerprint density at radius 2 is 0.500 bits per heavy atom. The molecular weight excluding hydrogens is 576 g/mol. The van der Waals surface area contributed by atoms with Crippen LogP contribution in [0.4, 0.5) is 0 Å². The molecule has 12 nitrogen and oxygen atoms in total. The fraction of sp³-hybridized carbons (Fsp3) is 1.00. The van der Waals surface area contributed by atoms with Crippen LogP contribution in [0.5, 0.6) is 0 Å². The maximum atomic E-state index is 5.56. The highest BCUT2D eigenvalue weighted by Crippen LogP contribution is 2.02. The van der Waals surface area contributed by atoms with Gasteiger partial charge in [-0.25, -0.2) is 0 Å². The molecule has 0 atom stereocenters. The zero-order chi connectivity index (χ0) is 31.9. The predicted molar refractivity (Wildman–Crippen MR) is 169 cm³/mol. The van der Waals surface area contributed by atoms with Crippen LogP contribution >= 0.6 is 0 Å². The maximum Gasteiger partial charge on any atom is 0.0703 e. The van der Waals surface area contributed by atoms with Gasteiger partial charge in [0.2, 0.25) is 0 Å². The van der Waals surface area contributed by atoms with Crippen molar-refractivity contribution in [3.8, 4) is 0 Å². The molecule has 0 aromatic rings. The van der Waals surface area contributed by atoms with Gasteiger partial charge in [-0.3, -0.25) is 0 Å². The summed E-state index contributed by atoms with van der Waals surface area (Å²) in [6.45, 7) is 19.2. The van der Waals surface area contributed by atoms with Crippen molar-refractivity contribution in [1.29, 1.82) is 0 Å². The highest BCUT2D eigenvalue weighted by atomic mass is 16.6. The summed E-state index contributed by atoms with van der Waals surface area (Å²) in [6, 6.07) is 0. The first kappa shape index (κ1) is 43.5. The lowest BCUT2D eigenvalue weighted by atomic mass is 10.2. The highest BCUT2D eigenvalue weighted by molar-refractivity contribution is 4.43. The number of hydrogen-bond acceptors (Lipinski definition) is 12. The van der Waals surface area contributed by atoms with Gasteiger partial charge in [-0.1, -0.05) is 32.6 Å². The fourth-order valence-corrected chi connectivity index (χ4v) is 3.45. The molecule has 0 saturated carbocycles. The number of rotatable bonds is 40. The Morgan fingerprint density at radius 3 is 0.750 bits per heavy atom. The molecule has 0 fully saturated rings. The minimum absolute atomic E-state index is 0.234. The van der Waals surface area contributed by atoms with E-state index >= 15 is 0 Å². The van der Waals surface area contributed by atoms with Crippen LogP contribution in [0.1, 0.15) is 52.9 Å². The average molecular weight is 643 g/mol. The van der Waals surface area contributed by atoms with E-state index in [-0.39, 0.29) is 6.10 Å². The number of unbranched alkanes of at least 4 members (excludes halogenated alkanes) is 4. The van der Waals surface area contributed by atoms with Gasteiger partial charge in [-0.15, -0.1) is 0 Å². The Balaban J connectivity index is 3.03. The van der Waals surface area contributed by atoms with Gasteiger partial charge in [0, 0.05) is 6.61 Å². The second-order valence-electron chi connectivity index (χ2n) is 10.1. The minimum atomic E-state index is 0.234. The Morgan fingerprint density at radius 1 is 0.273 bits per heavy atom. The molecule has 0 unspecified atom stereocenters. The molecule has 266 valence electrons. The molecule has 0 aliphatic heterocycles. The number of ether oxygens (including phenoxy) is 12. The van der Waals surface area contributed by atoms with Crippen molar-refractivity contribution in [1.82, 2.24) is 0 Å². The lowest BCUT2D eigenvalue weighted by molar-refractivity contribution is -0.0293. The summed E-state index contributed by atoms with van der Waals surface area (Å²) in [4.78, 5) is 0. The lowest BCUT2D eigenvalue weighted by Crippen LogP contribution is -2.15. The summed E-state index contributed by atoms with van der Waals surface area (Å²) in [7, 11) is 0. The van der Waals surface area contributed by atoms with Crippen LogP contribution in [0.25, 0.3) is 0 Å². The van der Waals surface area contributed by atoms with Crippen LogP contribution in [0.15, 0.2) is 0 Å². The molecule has 0 aromatic heterocycles. The van der Waals surface area contributed by atoms with Gasteiger partial charge in [0.1, 0.15) is 0 Å². The van der Waals surface area contributed by atoms with Crippen molar-refractivity contribution in [2.45, 2.75) is 59.0 Å². The largest absolute Gasteiger partial charge is 0.379 e. The Hall–Kier alpha value is -0.480. The second-order valence-corrected chi connectivity index (χ2v) is 10.1. The van der Waals surface area contributed by atoms with Gasteiger partial charge < -0.3 is 56.8 Å². The first-order valence-electron chi connectivity index (χ1n) is 16.7. The summed E-state index contributed by atoms with van der Waals surface area (Å²) in [5.41, 5.74) is 0. The van der Waals surface area contributed by atoms with Crippen molar-refractivity contribution in [2.24, 2.45) is 0 Å². The molecule has 0 bridgehead atoms. The molecule has 0 aliphatic carbocycles. The third kappa shape index (κ3) is 41.5. The molecule has 0 radical (unpaired) electrons. The van der Waals surface area contributed by atoms with Crippen molar-refractivity contribution in [3.63, 3.8) is 0 Å². The number of hydrogen-bond donors (Lipinski definition) is 0. The van der Waals surface area contributed by atoms with Gasteiger partial charge in [-0.05, 0) is 20.3 Å². The van der Waals surface area contributed by atoms with E-state index in [1.54, 1.807) is 0 Å². The summed E-state index contributed by atoms with van der Waals surface area (Å²) >= 11 is 0. The lowest BCUT2D eigenvalue weighted by Gasteiger charge is -2.09.